The summed E-state index contributed by atoms with van der Waals surface area (Å²) < 4.78 is 6.78. The fraction of sp³-hybridized carbons (Fsp3) is 0.150. The number of aromatic nitrogens is 2. The molecule has 1 aliphatic rings. The summed E-state index contributed by atoms with van der Waals surface area (Å²) in [5, 5.41) is 11.0. The Labute approximate surface area is 176 Å². The highest BCUT2D eigenvalue weighted by atomic mass is 35.5. The molecule has 1 atom stereocenters. The number of rotatable bonds is 4. The highest BCUT2D eigenvalue weighted by Gasteiger charge is 2.33. The van der Waals surface area contributed by atoms with Crippen molar-refractivity contribution in [3.63, 3.8) is 0 Å². The number of hydrogen-bond acceptors (Lipinski definition) is 4. The summed E-state index contributed by atoms with van der Waals surface area (Å²) in [6.07, 6.45) is 1.58. The van der Waals surface area contributed by atoms with Gasteiger partial charge in [-0.25, -0.2) is 4.68 Å². The molecule has 4 rings (SSSR count). The number of benzene rings is 2. The van der Waals surface area contributed by atoms with Crippen LogP contribution in [0, 0.1) is 0 Å². The summed E-state index contributed by atoms with van der Waals surface area (Å²) in [6, 6.07) is 11.2. The molecule has 2 heterocycles. The highest BCUT2D eigenvalue weighted by molar-refractivity contribution is 6.31. The van der Waals surface area contributed by atoms with Crippen LogP contribution in [0.5, 0.6) is 5.75 Å². The second kappa shape index (κ2) is 7.77. The zero-order chi connectivity index (χ0) is 20.5. The van der Waals surface area contributed by atoms with Crippen molar-refractivity contribution < 1.29 is 14.3 Å². The number of methoxy groups -OCH3 is 1. The first-order chi connectivity index (χ1) is 14.0. The normalized spacial score (nSPS) is 15.4. The first-order valence-corrected chi connectivity index (χ1v) is 9.49. The SMILES string of the molecule is COc1ccc(Cl)cc1NC(=O)[C@@H]1CC(=O)Nc2c(-c3ccc(Cl)cc3)cnn21. The molecule has 0 saturated carbocycles. The average molecular weight is 431 g/mol. The number of amides is 2. The van der Waals surface area contributed by atoms with Crippen LogP contribution in [0.2, 0.25) is 10.0 Å². The van der Waals surface area contributed by atoms with Gasteiger partial charge in [0.05, 0.1) is 25.4 Å². The molecule has 0 saturated heterocycles. The number of carbonyl (C=O) groups excluding carboxylic acids is 2. The lowest BCUT2D eigenvalue weighted by molar-refractivity contribution is -0.125. The van der Waals surface area contributed by atoms with E-state index in [0.717, 1.165) is 5.56 Å². The van der Waals surface area contributed by atoms with Crippen LogP contribution < -0.4 is 15.4 Å². The summed E-state index contributed by atoms with van der Waals surface area (Å²) >= 11 is 12.0. The molecular formula is C20H16Cl2N4O3. The summed E-state index contributed by atoms with van der Waals surface area (Å²) in [5.74, 6) is 0.256. The lowest BCUT2D eigenvalue weighted by Gasteiger charge is -2.25. The summed E-state index contributed by atoms with van der Waals surface area (Å²) in [4.78, 5) is 25.3. The van der Waals surface area contributed by atoms with Crippen LogP contribution in [-0.2, 0) is 9.59 Å². The van der Waals surface area contributed by atoms with Crippen molar-refractivity contribution in [2.45, 2.75) is 12.5 Å². The van der Waals surface area contributed by atoms with Crippen LogP contribution in [-0.4, -0.2) is 28.7 Å². The van der Waals surface area contributed by atoms with Gasteiger partial charge in [0.1, 0.15) is 17.6 Å². The van der Waals surface area contributed by atoms with Crippen molar-refractivity contribution >= 4 is 46.5 Å². The third kappa shape index (κ3) is 3.79. The predicted octanol–water partition coefficient (Wildman–Crippen LogP) is 4.39. The quantitative estimate of drug-likeness (QED) is 0.642. The summed E-state index contributed by atoms with van der Waals surface area (Å²) in [7, 11) is 1.50. The van der Waals surface area contributed by atoms with Crippen molar-refractivity contribution in [1.29, 1.82) is 0 Å². The van der Waals surface area contributed by atoms with Gasteiger partial charge in [-0.05, 0) is 35.9 Å². The minimum Gasteiger partial charge on any atom is -0.495 e. The monoisotopic (exact) mass is 430 g/mol. The van der Waals surface area contributed by atoms with Gasteiger partial charge in [-0.3, -0.25) is 9.59 Å². The number of fused-ring (bicyclic) bond motifs is 1. The Hall–Kier alpha value is -3.03. The van der Waals surface area contributed by atoms with Crippen LogP contribution >= 0.6 is 23.2 Å². The smallest absolute Gasteiger partial charge is 0.249 e. The molecule has 9 heteroatoms. The standard InChI is InChI=1S/C20H16Cl2N4O3/c1-29-17-7-6-13(22)8-15(17)24-20(28)16-9-18(27)25-19-14(10-23-26(16)19)11-2-4-12(21)5-3-11/h2-8,10,16H,9H2,1H3,(H,24,28)(H,25,27)/t16-/m0/s1. The molecule has 0 spiro atoms. The van der Waals surface area contributed by atoms with Gasteiger partial charge in [0.25, 0.3) is 0 Å². The minimum absolute atomic E-state index is 0.0382. The van der Waals surface area contributed by atoms with Gasteiger partial charge in [0, 0.05) is 15.6 Å². The molecule has 0 bridgehead atoms. The van der Waals surface area contributed by atoms with E-state index in [9.17, 15) is 9.59 Å². The third-order valence-corrected chi connectivity index (χ3v) is 5.09. The van der Waals surface area contributed by atoms with Crippen molar-refractivity contribution in [3.05, 3.63) is 58.7 Å². The summed E-state index contributed by atoms with van der Waals surface area (Å²) in [6.45, 7) is 0. The fourth-order valence-electron chi connectivity index (χ4n) is 3.21. The van der Waals surface area contributed by atoms with Gasteiger partial charge in [-0.15, -0.1) is 0 Å². The molecule has 7 nitrogen and oxygen atoms in total. The first-order valence-electron chi connectivity index (χ1n) is 8.74. The second-order valence-corrected chi connectivity index (χ2v) is 7.33. The van der Waals surface area contributed by atoms with E-state index in [4.69, 9.17) is 27.9 Å². The van der Waals surface area contributed by atoms with Crippen molar-refractivity contribution in [3.8, 4) is 16.9 Å². The zero-order valence-corrected chi connectivity index (χ0v) is 16.8. The first kappa shape index (κ1) is 19.3. The predicted molar refractivity (Wildman–Crippen MR) is 112 cm³/mol. The van der Waals surface area contributed by atoms with Crippen LogP contribution in [0.25, 0.3) is 11.1 Å². The Kier molecular flexibility index (Phi) is 5.17. The number of halogens is 2. The molecule has 0 fully saturated rings. The summed E-state index contributed by atoms with van der Waals surface area (Å²) in [5.41, 5.74) is 1.95. The van der Waals surface area contributed by atoms with E-state index in [1.165, 1.54) is 11.8 Å². The van der Waals surface area contributed by atoms with Crippen LogP contribution in [0.4, 0.5) is 11.5 Å². The third-order valence-electron chi connectivity index (χ3n) is 4.60. The van der Waals surface area contributed by atoms with Gasteiger partial charge in [-0.1, -0.05) is 35.3 Å². The van der Waals surface area contributed by atoms with Crippen molar-refractivity contribution in [2.24, 2.45) is 0 Å². The van der Waals surface area contributed by atoms with Crippen molar-refractivity contribution in [1.82, 2.24) is 9.78 Å². The van der Waals surface area contributed by atoms with Crippen LogP contribution in [0.1, 0.15) is 12.5 Å². The lowest BCUT2D eigenvalue weighted by atomic mass is 10.1. The number of carbonyl (C=O) groups is 2. The second-order valence-electron chi connectivity index (χ2n) is 6.46. The van der Waals surface area contributed by atoms with Gasteiger partial charge in [0.2, 0.25) is 11.8 Å². The van der Waals surface area contributed by atoms with E-state index in [1.54, 1.807) is 36.5 Å². The van der Waals surface area contributed by atoms with E-state index in [2.05, 4.69) is 15.7 Å². The van der Waals surface area contributed by atoms with Crippen molar-refractivity contribution in [2.75, 3.05) is 17.7 Å². The van der Waals surface area contributed by atoms with Crippen LogP contribution in [0.15, 0.2) is 48.7 Å². The van der Waals surface area contributed by atoms with E-state index < -0.39 is 11.9 Å². The Morgan fingerprint density at radius 2 is 1.93 bits per heavy atom. The molecule has 29 heavy (non-hydrogen) atoms. The molecule has 2 aromatic carbocycles. The number of nitrogens with one attached hydrogen (secondary N) is 2. The Balaban J connectivity index is 1.67. The fourth-order valence-corrected chi connectivity index (χ4v) is 3.50. The van der Waals surface area contributed by atoms with E-state index in [0.29, 0.717) is 32.9 Å². The molecule has 1 aliphatic heterocycles. The molecule has 3 aromatic rings. The average Bonchev–Trinajstić information content (AvgIpc) is 3.11. The van der Waals surface area contributed by atoms with Crippen LogP contribution in [0.3, 0.4) is 0 Å². The Morgan fingerprint density at radius 3 is 2.66 bits per heavy atom. The number of nitrogens with zero attached hydrogens (tertiary/aromatic N) is 2. The number of anilines is 2. The Bertz CT molecular complexity index is 1100. The molecule has 0 unspecified atom stereocenters. The maximum Gasteiger partial charge on any atom is 0.249 e. The van der Waals surface area contributed by atoms with Gasteiger partial charge < -0.3 is 15.4 Å². The highest BCUT2D eigenvalue weighted by Crippen LogP contribution is 2.35. The van der Waals surface area contributed by atoms with Gasteiger partial charge in [0.15, 0.2) is 0 Å². The Morgan fingerprint density at radius 1 is 1.21 bits per heavy atom. The molecular weight excluding hydrogens is 415 g/mol. The van der Waals surface area contributed by atoms with E-state index >= 15 is 0 Å². The molecule has 0 radical (unpaired) electrons. The molecule has 0 aliphatic carbocycles. The number of ether oxygens (including phenoxy) is 1. The van der Waals surface area contributed by atoms with E-state index in [1.807, 2.05) is 12.1 Å². The topological polar surface area (TPSA) is 85.2 Å². The largest absolute Gasteiger partial charge is 0.495 e. The van der Waals surface area contributed by atoms with Gasteiger partial charge in [-0.2, -0.15) is 5.10 Å². The minimum atomic E-state index is -0.816. The maximum atomic E-state index is 13.0. The lowest BCUT2D eigenvalue weighted by Crippen LogP contribution is -2.35. The molecule has 2 N–H and O–H groups in total. The van der Waals surface area contributed by atoms with E-state index in [-0.39, 0.29) is 12.3 Å². The zero-order valence-electron chi connectivity index (χ0n) is 15.3. The maximum absolute atomic E-state index is 13.0. The molecule has 148 valence electrons. The molecule has 1 aromatic heterocycles. The van der Waals surface area contributed by atoms with Gasteiger partial charge >= 0.3 is 0 Å². The molecule has 2 amide bonds. The number of hydrogen-bond donors (Lipinski definition) is 2.